The maximum Gasteiger partial charge on any atom is 0.416 e. The van der Waals surface area contributed by atoms with Crippen LogP contribution in [0.5, 0.6) is 0 Å². The molecule has 0 spiro atoms. The van der Waals surface area contributed by atoms with E-state index in [2.05, 4.69) is 10.2 Å². The number of hydrogen-bond donors (Lipinski definition) is 2. The van der Waals surface area contributed by atoms with E-state index in [1.54, 1.807) is 17.8 Å². The van der Waals surface area contributed by atoms with Crippen molar-refractivity contribution in [3.8, 4) is 11.3 Å². The summed E-state index contributed by atoms with van der Waals surface area (Å²) in [5.41, 5.74) is 0.502. The molecular weight excluding hydrogens is 299 g/mol. The van der Waals surface area contributed by atoms with Crippen LogP contribution in [0.4, 0.5) is 13.2 Å². The van der Waals surface area contributed by atoms with Gasteiger partial charge in [0.05, 0.1) is 11.3 Å². The Bertz CT molecular complexity index is 877. The normalized spacial score (nSPS) is 12.0. The van der Waals surface area contributed by atoms with E-state index >= 15 is 0 Å². The monoisotopic (exact) mass is 309 g/mol. The molecule has 22 heavy (non-hydrogen) atoms. The molecule has 2 heterocycles. The number of alkyl halides is 3. The fraction of sp³-hybridized carbons (Fsp3) is 0.143. The molecule has 0 amide bonds. The van der Waals surface area contributed by atoms with E-state index in [9.17, 15) is 18.0 Å². The second-order valence-electron chi connectivity index (χ2n) is 4.86. The van der Waals surface area contributed by atoms with Crippen molar-refractivity contribution in [2.24, 2.45) is 7.05 Å². The summed E-state index contributed by atoms with van der Waals surface area (Å²) in [5.74, 6) is -1.15. The van der Waals surface area contributed by atoms with E-state index in [4.69, 9.17) is 5.11 Å². The van der Waals surface area contributed by atoms with Crippen molar-refractivity contribution in [1.82, 2.24) is 14.8 Å². The zero-order valence-electron chi connectivity index (χ0n) is 11.3. The third-order valence-corrected chi connectivity index (χ3v) is 3.40. The van der Waals surface area contributed by atoms with Gasteiger partial charge in [0.25, 0.3) is 0 Å². The largest absolute Gasteiger partial charge is 0.477 e. The number of halogens is 3. The number of aromatic nitrogens is 3. The topological polar surface area (TPSA) is 70.9 Å². The van der Waals surface area contributed by atoms with Gasteiger partial charge in [0.15, 0.2) is 0 Å². The molecule has 0 unspecified atom stereocenters. The summed E-state index contributed by atoms with van der Waals surface area (Å²) < 4.78 is 39.9. The van der Waals surface area contributed by atoms with Crippen LogP contribution in [0.25, 0.3) is 22.2 Å². The quantitative estimate of drug-likeness (QED) is 0.763. The summed E-state index contributed by atoms with van der Waals surface area (Å²) in [4.78, 5) is 10.9. The smallest absolute Gasteiger partial charge is 0.416 e. The Labute approximate surface area is 122 Å². The van der Waals surface area contributed by atoms with Gasteiger partial charge in [0.1, 0.15) is 5.69 Å². The molecule has 8 heteroatoms. The molecule has 3 rings (SSSR count). The Morgan fingerprint density at radius 3 is 2.64 bits per heavy atom. The van der Waals surface area contributed by atoms with Gasteiger partial charge in [-0.25, -0.2) is 4.79 Å². The number of carbonyl (C=O) groups is 1. The van der Waals surface area contributed by atoms with Crippen LogP contribution in [0.3, 0.4) is 0 Å². The number of aryl methyl sites for hydroxylation is 1. The molecule has 1 aromatic carbocycles. The molecule has 114 valence electrons. The number of H-pyrrole nitrogens is 1. The van der Waals surface area contributed by atoms with E-state index in [1.807, 2.05) is 0 Å². The van der Waals surface area contributed by atoms with Gasteiger partial charge in [0, 0.05) is 29.7 Å². The first-order valence-electron chi connectivity index (χ1n) is 6.22. The van der Waals surface area contributed by atoms with E-state index in [0.29, 0.717) is 22.2 Å². The molecule has 0 aliphatic carbocycles. The fourth-order valence-electron chi connectivity index (χ4n) is 2.33. The predicted octanol–water partition coefficient (Wildman–Crippen LogP) is 3.29. The fourth-order valence-corrected chi connectivity index (χ4v) is 2.33. The molecule has 0 fully saturated rings. The maximum atomic E-state index is 12.8. The lowest BCUT2D eigenvalue weighted by atomic mass is 10.1. The van der Waals surface area contributed by atoms with Gasteiger partial charge in [-0.2, -0.15) is 18.3 Å². The van der Waals surface area contributed by atoms with Crippen molar-refractivity contribution in [3.05, 3.63) is 41.7 Å². The second kappa shape index (κ2) is 4.62. The van der Waals surface area contributed by atoms with Gasteiger partial charge >= 0.3 is 12.1 Å². The molecule has 0 saturated heterocycles. The van der Waals surface area contributed by atoms with Crippen LogP contribution in [0.1, 0.15) is 16.1 Å². The molecule has 5 nitrogen and oxygen atoms in total. The number of fused-ring (bicyclic) bond motifs is 1. The molecule has 0 radical (unpaired) electrons. The highest BCUT2D eigenvalue weighted by molar-refractivity contribution is 5.96. The first-order chi connectivity index (χ1) is 10.3. The molecule has 0 aliphatic rings. The number of benzene rings is 1. The minimum Gasteiger partial charge on any atom is -0.477 e. The zero-order chi connectivity index (χ0) is 16.1. The summed E-state index contributed by atoms with van der Waals surface area (Å²) in [6.45, 7) is 0. The van der Waals surface area contributed by atoms with Crippen molar-refractivity contribution in [1.29, 1.82) is 0 Å². The minimum atomic E-state index is -4.42. The Kier molecular flexibility index (Phi) is 2.98. The highest BCUT2D eigenvalue weighted by Crippen LogP contribution is 2.35. The van der Waals surface area contributed by atoms with Crippen LogP contribution in [0.2, 0.25) is 0 Å². The van der Waals surface area contributed by atoms with Crippen molar-refractivity contribution in [3.63, 3.8) is 0 Å². The van der Waals surface area contributed by atoms with E-state index in [0.717, 1.165) is 12.1 Å². The third kappa shape index (κ3) is 2.22. The zero-order valence-corrected chi connectivity index (χ0v) is 11.3. The van der Waals surface area contributed by atoms with Crippen molar-refractivity contribution in [2.75, 3.05) is 0 Å². The number of nitrogens with one attached hydrogen (secondary N) is 1. The van der Waals surface area contributed by atoms with Crippen LogP contribution >= 0.6 is 0 Å². The summed E-state index contributed by atoms with van der Waals surface area (Å²) in [6, 6.07) is 4.76. The van der Waals surface area contributed by atoms with Crippen LogP contribution in [-0.2, 0) is 13.2 Å². The number of nitrogens with zero attached hydrogens (tertiary/aromatic N) is 2. The lowest BCUT2D eigenvalue weighted by molar-refractivity contribution is -0.137. The van der Waals surface area contributed by atoms with Crippen molar-refractivity contribution in [2.45, 2.75) is 6.18 Å². The molecule has 0 aliphatic heterocycles. The third-order valence-electron chi connectivity index (χ3n) is 3.40. The molecule has 2 N–H and O–H groups in total. The first-order valence-corrected chi connectivity index (χ1v) is 6.22. The Balaban J connectivity index is 2.17. The van der Waals surface area contributed by atoms with E-state index in [-0.39, 0.29) is 5.69 Å². The van der Waals surface area contributed by atoms with Gasteiger partial charge < -0.3 is 9.67 Å². The Hall–Kier alpha value is -2.77. The average molecular weight is 309 g/mol. The molecule has 3 aromatic rings. The number of rotatable bonds is 2. The van der Waals surface area contributed by atoms with Gasteiger partial charge in [-0.1, -0.05) is 6.07 Å². The summed E-state index contributed by atoms with van der Waals surface area (Å²) in [7, 11) is 1.62. The van der Waals surface area contributed by atoms with Crippen LogP contribution in [0.15, 0.2) is 30.5 Å². The highest BCUT2D eigenvalue weighted by atomic mass is 19.4. The average Bonchev–Trinajstić information content (AvgIpc) is 3.03. The second-order valence-corrected chi connectivity index (χ2v) is 4.86. The maximum absolute atomic E-state index is 12.8. The van der Waals surface area contributed by atoms with Gasteiger partial charge in [0.2, 0.25) is 0 Å². The molecule has 2 aromatic heterocycles. The van der Waals surface area contributed by atoms with Crippen LogP contribution in [0, 0.1) is 0 Å². The highest BCUT2D eigenvalue weighted by Gasteiger charge is 2.31. The number of aromatic carboxylic acids is 1. The summed E-state index contributed by atoms with van der Waals surface area (Å²) in [5, 5.41) is 15.7. The first kappa shape index (κ1) is 14.2. The van der Waals surface area contributed by atoms with Crippen molar-refractivity contribution >= 4 is 16.9 Å². The van der Waals surface area contributed by atoms with Crippen molar-refractivity contribution < 1.29 is 23.1 Å². The molecular formula is C14H10F3N3O2. The van der Waals surface area contributed by atoms with Gasteiger partial charge in [-0.15, -0.1) is 0 Å². The lowest BCUT2D eigenvalue weighted by Gasteiger charge is -2.07. The predicted molar refractivity (Wildman–Crippen MR) is 72.5 cm³/mol. The van der Waals surface area contributed by atoms with E-state index < -0.39 is 17.7 Å². The lowest BCUT2D eigenvalue weighted by Crippen LogP contribution is -2.04. The number of aromatic amines is 1. The van der Waals surface area contributed by atoms with Crippen LogP contribution in [-0.4, -0.2) is 25.8 Å². The molecule has 0 bridgehead atoms. The summed E-state index contributed by atoms with van der Waals surface area (Å²) in [6.07, 6.45) is -2.80. The Morgan fingerprint density at radius 2 is 2.05 bits per heavy atom. The van der Waals surface area contributed by atoms with E-state index in [1.165, 1.54) is 12.1 Å². The number of carboxylic acid groups (broad SMARTS) is 1. The number of hydrogen-bond acceptors (Lipinski definition) is 2. The SMILES string of the molecule is Cn1cc(-c2cc(C(=O)O)[nH]n2)c2ccc(C(F)(F)F)cc21. The summed E-state index contributed by atoms with van der Waals surface area (Å²) >= 11 is 0. The van der Waals surface area contributed by atoms with Gasteiger partial charge in [-0.3, -0.25) is 5.10 Å². The number of carboxylic acids is 1. The van der Waals surface area contributed by atoms with Gasteiger partial charge in [-0.05, 0) is 18.2 Å². The standard InChI is InChI=1S/C14H10F3N3O2/c1-20-6-9(10-5-11(13(21)22)19-18-10)8-3-2-7(4-12(8)20)14(15,16)17/h2-6H,1H3,(H,18,19)(H,21,22). The Morgan fingerprint density at radius 1 is 1.32 bits per heavy atom. The van der Waals surface area contributed by atoms with Crippen LogP contribution < -0.4 is 0 Å². The minimum absolute atomic E-state index is 0.0843. The molecule has 0 atom stereocenters. The molecule has 0 saturated carbocycles.